The van der Waals surface area contributed by atoms with E-state index in [1.165, 1.54) is 5.56 Å². The van der Waals surface area contributed by atoms with E-state index in [0.717, 1.165) is 24.6 Å². The summed E-state index contributed by atoms with van der Waals surface area (Å²) in [5.74, 6) is 1.00. The van der Waals surface area contributed by atoms with Crippen molar-refractivity contribution < 1.29 is 0 Å². The zero-order valence-corrected chi connectivity index (χ0v) is 11.9. The second-order valence-corrected chi connectivity index (χ2v) is 6.36. The van der Waals surface area contributed by atoms with Gasteiger partial charge in [0, 0.05) is 24.3 Å². The molecule has 0 fully saturated rings. The Kier molecular flexibility index (Phi) is 2.85. The predicted octanol–water partition coefficient (Wildman–Crippen LogP) is 3.78. The van der Waals surface area contributed by atoms with Crippen LogP contribution in [0.25, 0.3) is 11.3 Å². The van der Waals surface area contributed by atoms with Crippen molar-refractivity contribution in [1.29, 1.82) is 0 Å². The van der Waals surface area contributed by atoms with Crippen molar-refractivity contribution in [1.82, 2.24) is 9.55 Å². The Morgan fingerprint density at radius 1 is 1.21 bits per heavy atom. The molecule has 1 aliphatic rings. The molecule has 2 heterocycles. The van der Waals surface area contributed by atoms with Crippen LogP contribution in [0.2, 0.25) is 0 Å². The summed E-state index contributed by atoms with van der Waals surface area (Å²) in [5, 5.41) is 3.58. The number of fused-ring (bicyclic) bond motifs is 1. The number of aryl methyl sites for hydroxylation is 1. The van der Waals surface area contributed by atoms with Crippen molar-refractivity contribution >= 4 is 5.95 Å². The van der Waals surface area contributed by atoms with Crippen molar-refractivity contribution in [2.75, 3.05) is 5.32 Å². The minimum Gasteiger partial charge on any atom is -0.352 e. The topological polar surface area (TPSA) is 29.9 Å². The van der Waals surface area contributed by atoms with Crippen LogP contribution in [0.15, 0.2) is 36.5 Å². The predicted molar refractivity (Wildman–Crippen MR) is 79.1 cm³/mol. The first-order valence-corrected chi connectivity index (χ1v) is 6.93. The highest BCUT2D eigenvalue weighted by Crippen LogP contribution is 2.31. The maximum absolute atomic E-state index is 4.74. The average Bonchev–Trinajstić information content (AvgIpc) is 2.81. The third-order valence-electron chi connectivity index (χ3n) is 3.85. The van der Waals surface area contributed by atoms with E-state index < -0.39 is 0 Å². The van der Waals surface area contributed by atoms with E-state index in [1.54, 1.807) is 0 Å². The molecule has 0 spiro atoms. The largest absolute Gasteiger partial charge is 0.352 e. The molecule has 1 N–H and O–H groups in total. The van der Waals surface area contributed by atoms with Gasteiger partial charge < -0.3 is 9.88 Å². The van der Waals surface area contributed by atoms with E-state index in [0.29, 0.717) is 6.04 Å². The van der Waals surface area contributed by atoms with Crippen molar-refractivity contribution in [2.45, 2.75) is 39.8 Å². The van der Waals surface area contributed by atoms with Gasteiger partial charge in [-0.05, 0) is 11.8 Å². The van der Waals surface area contributed by atoms with Crippen LogP contribution in [0.3, 0.4) is 0 Å². The second kappa shape index (κ2) is 4.41. The summed E-state index contributed by atoms with van der Waals surface area (Å²) in [7, 11) is 0. The fourth-order valence-electron chi connectivity index (χ4n) is 2.60. The summed E-state index contributed by atoms with van der Waals surface area (Å²) >= 11 is 0. The summed E-state index contributed by atoms with van der Waals surface area (Å²) in [6.45, 7) is 7.88. The Hall–Kier alpha value is -1.77. The summed E-state index contributed by atoms with van der Waals surface area (Å²) in [4.78, 5) is 4.74. The molecule has 3 nitrogen and oxygen atoms in total. The SMILES string of the molecule is CC(C)(C)C1CCn2cc(-c3ccccc3)nc2N1. The fraction of sp³-hybridized carbons (Fsp3) is 0.438. The van der Waals surface area contributed by atoms with Gasteiger partial charge in [0.25, 0.3) is 0 Å². The first kappa shape index (κ1) is 12.3. The van der Waals surface area contributed by atoms with Gasteiger partial charge in [-0.15, -0.1) is 0 Å². The van der Waals surface area contributed by atoms with E-state index in [4.69, 9.17) is 4.98 Å². The lowest BCUT2D eigenvalue weighted by Gasteiger charge is -2.35. The van der Waals surface area contributed by atoms with Crippen LogP contribution in [-0.4, -0.2) is 15.6 Å². The van der Waals surface area contributed by atoms with E-state index in [2.05, 4.69) is 61.1 Å². The zero-order chi connectivity index (χ0) is 13.5. The summed E-state index contributed by atoms with van der Waals surface area (Å²) in [5.41, 5.74) is 2.50. The van der Waals surface area contributed by atoms with E-state index in [1.807, 2.05) is 6.07 Å². The molecular weight excluding hydrogens is 234 g/mol. The standard InChI is InChI=1S/C16H21N3/c1-16(2,3)14-9-10-19-11-13(17-15(19)18-14)12-7-5-4-6-8-12/h4-8,11,14H,9-10H2,1-3H3,(H,17,18). The molecule has 1 aromatic carbocycles. The highest BCUT2D eigenvalue weighted by molar-refractivity contribution is 5.60. The smallest absolute Gasteiger partial charge is 0.203 e. The van der Waals surface area contributed by atoms with Crippen LogP contribution in [-0.2, 0) is 6.54 Å². The van der Waals surface area contributed by atoms with Crippen LogP contribution in [0.1, 0.15) is 27.2 Å². The molecule has 19 heavy (non-hydrogen) atoms. The van der Waals surface area contributed by atoms with Crippen molar-refractivity contribution in [3.63, 3.8) is 0 Å². The number of anilines is 1. The Morgan fingerprint density at radius 2 is 1.95 bits per heavy atom. The Bertz CT molecular complexity index is 563. The van der Waals surface area contributed by atoms with Gasteiger partial charge in [-0.25, -0.2) is 4.98 Å². The van der Waals surface area contributed by atoms with Gasteiger partial charge in [0.2, 0.25) is 5.95 Å². The maximum Gasteiger partial charge on any atom is 0.203 e. The van der Waals surface area contributed by atoms with Gasteiger partial charge in [-0.2, -0.15) is 0 Å². The highest BCUT2D eigenvalue weighted by Gasteiger charge is 2.29. The second-order valence-electron chi connectivity index (χ2n) is 6.36. The lowest BCUT2D eigenvalue weighted by atomic mass is 9.84. The lowest BCUT2D eigenvalue weighted by Crippen LogP contribution is -2.38. The molecule has 1 unspecified atom stereocenters. The van der Waals surface area contributed by atoms with Crippen LogP contribution in [0.5, 0.6) is 0 Å². The van der Waals surface area contributed by atoms with Crippen LogP contribution in [0.4, 0.5) is 5.95 Å². The molecule has 3 rings (SSSR count). The summed E-state index contributed by atoms with van der Waals surface area (Å²) in [6, 6.07) is 10.8. The lowest BCUT2D eigenvalue weighted by molar-refractivity contribution is 0.301. The molecule has 0 saturated carbocycles. The van der Waals surface area contributed by atoms with E-state index in [9.17, 15) is 0 Å². The van der Waals surface area contributed by atoms with Gasteiger partial charge in [0.05, 0.1) is 5.69 Å². The minimum absolute atomic E-state index is 0.268. The summed E-state index contributed by atoms with van der Waals surface area (Å²) < 4.78 is 2.23. The molecule has 1 atom stereocenters. The summed E-state index contributed by atoms with van der Waals surface area (Å²) in [6.07, 6.45) is 3.30. The number of aromatic nitrogens is 2. The molecule has 0 bridgehead atoms. The van der Waals surface area contributed by atoms with E-state index in [-0.39, 0.29) is 5.41 Å². The molecule has 100 valence electrons. The molecule has 0 saturated heterocycles. The Labute approximate surface area is 114 Å². The third-order valence-corrected chi connectivity index (χ3v) is 3.85. The van der Waals surface area contributed by atoms with Gasteiger partial charge in [0.15, 0.2) is 0 Å². The van der Waals surface area contributed by atoms with Gasteiger partial charge >= 0.3 is 0 Å². The fourth-order valence-corrected chi connectivity index (χ4v) is 2.60. The number of nitrogens with zero attached hydrogens (tertiary/aromatic N) is 2. The number of hydrogen-bond acceptors (Lipinski definition) is 2. The van der Waals surface area contributed by atoms with Gasteiger partial charge in [0.1, 0.15) is 0 Å². The zero-order valence-electron chi connectivity index (χ0n) is 11.9. The number of hydrogen-bond donors (Lipinski definition) is 1. The quantitative estimate of drug-likeness (QED) is 0.840. The molecule has 0 radical (unpaired) electrons. The van der Waals surface area contributed by atoms with Crippen LogP contribution in [0, 0.1) is 5.41 Å². The average molecular weight is 255 g/mol. The monoisotopic (exact) mass is 255 g/mol. The number of rotatable bonds is 1. The molecule has 3 heteroatoms. The third kappa shape index (κ3) is 2.37. The van der Waals surface area contributed by atoms with E-state index >= 15 is 0 Å². The van der Waals surface area contributed by atoms with Crippen molar-refractivity contribution in [3.05, 3.63) is 36.5 Å². The number of benzene rings is 1. The van der Waals surface area contributed by atoms with Crippen molar-refractivity contribution in [3.8, 4) is 11.3 Å². The van der Waals surface area contributed by atoms with Gasteiger partial charge in [-0.1, -0.05) is 51.1 Å². The molecule has 0 aliphatic carbocycles. The number of imidazole rings is 1. The normalized spacial score (nSPS) is 18.8. The molecule has 1 aliphatic heterocycles. The molecule has 1 aromatic heterocycles. The first-order valence-electron chi connectivity index (χ1n) is 6.93. The van der Waals surface area contributed by atoms with Crippen molar-refractivity contribution in [2.24, 2.45) is 5.41 Å². The minimum atomic E-state index is 0.268. The first-order chi connectivity index (χ1) is 9.04. The Balaban J connectivity index is 1.89. The maximum atomic E-state index is 4.74. The van der Waals surface area contributed by atoms with Gasteiger partial charge in [-0.3, -0.25) is 0 Å². The van der Waals surface area contributed by atoms with Crippen LogP contribution >= 0.6 is 0 Å². The highest BCUT2D eigenvalue weighted by atomic mass is 15.2. The molecular formula is C16H21N3. The van der Waals surface area contributed by atoms with Crippen LogP contribution < -0.4 is 5.32 Å². The Morgan fingerprint density at radius 3 is 2.63 bits per heavy atom. The molecule has 0 amide bonds. The molecule has 2 aromatic rings. The number of nitrogens with one attached hydrogen (secondary N) is 1.